The molecule has 0 spiro atoms. The molecule has 176 valence electrons. The first-order valence-electron chi connectivity index (χ1n) is 11.7. The van der Waals surface area contributed by atoms with Gasteiger partial charge < -0.3 is 8.85 Å². The van der Waals surface area contributed by atoms with Crippen LogP contribution >= 0.6 is 0 Å². The molecule has 0 aromatic heterocycles. The van der Waals surface area contributed by atoms with Crippen LogP contribution in [0.4, 0.5) is 0 Å². The first-order valence-corrected chi connectivity index (χ1v) is 16.5. The molecule has 2 rings (SSSR count). The highest BCUT2D eigenvalue weighted by Gasteiger charge is 2.52. The number of hydrogen-bond donors (Lipinski definition) is 0. The molecular weight excluding hydrogens is 428 g/mol. The molecule has 0 radical (unpaired) electrons. The van der Waals surface area contributed by atoms with Gasteiger partial charge in [-0.15, -0.1) is 0 Å². The largest absolute Gasteiger partial charge is 0.417 e. The van der Waals surface area contributed by atoms with E-state index in [9.17, 15) is 4.79 Å². The molecule has 32 heavy (non-hydrogen) atoms. The van der Waals surface area contributed by atoms with Gasteiger partial charge in [0.25, 0.3) is 8.32 Å². The Labute approximate surface area is 197 Å². The maximum absolute atomic E-state index is 12.8. The van der Waals surface area contributed by atoms with Gasteiger partial charge in [-0.25, -0.2) is 0 Å². The molecule has 0 fully saturated rings. The Morgan fingerprint density at radius 1 is 0.812 bits per heavy atom. The molecule has 0 bridgehead atoms. The third kappa shape index (κ3) is 5.87. The van der Waals surface area contributed by atoms with Gasteiger partial charge >= 0.3 is 0 Å². The van der Waals surface area contributed by atoms with Crippen molar-refractivity contribution in [2.24, 2.45) is 0 Å². The predicted octanol–water partition coefficient (Wildman–Crippen LogP) is 5.93. The van der Waals surface area contributed by atoms with Crippen LogP contribution in [0.2, 0.25) is 23.2 Å². The summed E-state index contributed by atoms with van der Waals surface area (Å²) >= 11 is 0. The summed E-state index contributed by atoms with van der Waals surface area (Å²) in [6, 6.07) is 21.0. The van der Waals surface area contributed by atoms with Crippen LogP contribution in [0.25, 0.3) is 0 Å². The van der Waals surface area contributed by atoms with Gasteiger partial charge in [0.2, 0.25) is 0 Å². The van der Waals surface area contributed by atoms with Gasteiger partial charge in [0.1, 0.15) is 6.10 Å². The van der Waals surface area contributed by atoms with Crippen molar-refractivity contribution in [3.8, 4) is 0 Å². The Balaban J connectivity index is 2.46. The maximum atomic E-state index is 12.8. The van der Waals surface area contributed by atoms with Crippen LogP contribution in [0, 0.1) is 0 Å². The molecule has 2 aromatic carbocycles. The maximum Gasteiger partial charge on any atom is 0.262 e. The number of rotatable bonds is 9. The van der Waals surface area contributed by atoms with Crippen molar-refractivity contribution in [2.75, 3.05) is 6.61 Å². The van der Waals surface area contributed by atoms with Crippen molar-refractivity contribution in [3.05, 3.63) is 60.7 Å². The molecule has 0 amide bonds. The van der Waals surface area contributed by atoms with Crippen molar-refractivity contribution in [3.63, 3.8) is 0 Å². The van der Waals surface area contributed by atoms with E-state index in [1.54, 1.807) is 6.92 Å². The minimum atomic E-state index is -2.77. The molecule has 0 saturated heterocycles. The molecule has 3 nitrogen and oxygen atoms in total. The quantitative estimate of drug-likeness (QED) is 0.426. The molecule has 0 unspecified atom stereocenters. The Hall–Kier alpha value is -1.54. The Bertz CT molecular complexity index is 826. The van der Waals surface area contributed by atoms with Crippen LogP contribution in [0.15, 0.2) is 60.7 Å². The highest BCUT2D eigenvalue weighted by atomic mass is 28.4. The summed E-state index contributed by atoms with van der Waals surface area (Å²) in [5.41, 5.74) is 0. The summed E-state index contributed by atoms with van der Waals surface area (Å²) in [6.45, 7) is 20.1. The molecule has 1 atom stereocenters. The van der Waals surface area contributed by atoms with Crippen LogP contribution in [0.1, 0.15) is 54.9 Å². The average molecular weight is 471 g/mol. The minimum absolute atomic E-state index is 0.0665. The fourth-order valence-electron chi connectivity index (χ4n) is 3.89. The smallest absolute Gasteiger partial charge is 0.262 e. The third-order valence-electron chi connectivity index (χ3n) is 6.84. The normalized spacial score (nSPS) is 14.3. The van der Waals surface area contributed by atoms with Crippen LogP contribution in [0.5, 0.6) is 0 Å². The zero-order valence-corrected chi connectivity index (χ0v) is 23.5. The van der Waals surface area contributed by atoms with Crippen LogP contribution in [-0.4, -0.2) is 35.1 Å². The standard InChI is InChI=1S/C27H42O3Si2/c1-22(28)25(20-21-29-31(8,9)26(2,3)4)30-32(27(5,6)7,23-16-12-10-13-17-23)24-18-14-11-15-19-24/h10-19,25H,20-21H2,1-9H3/t25-/m1/s1. The Morgan fingerprint density at radius 2 is 1.25 bits per heavy atom. The summed E-state index contributed by atoms with van der Waals surface area (Å²) in [6.07, 6.45) is 0.0814. The SMILES string of the molecule is CC(=O)[C@@H](CCO[Si](C)(C)C(C)(C)C)O[Si](c1ccccc1)(c1ccccc1)C(C)(C)C. The highest BCUT2D eigenvalue weighted by Crippen LogP contribution is 2.39. The van der Waals surface area contributed by atoms with Crippen LogP contribution in [-0.2, 0) is 13.6 Å². The molecule has 0 heterocycles. The Kier molecular flexibility index (Phi) is 8.48. The van der Waals surface area contributed by atoms with E-state index in [1.165, 1.54) is 10.4 Å². The summed E-state index contributed by atoms with van der Waals surface area (Å²) in [7, 11) is -4.66. The Morgan fingerprint density at radius 3 is 1.59 bits per heavy atom. The van der Waals surface area contributed by atoms with Gasteiger partial charge in [-0.2, -0.15) is 0 Å². The zero-order chi connectivity index (χ0) is 24.2. The lowest BCUT2D eigenvalue weighted by Crippen LogP contribution is -2.68. The number of Topliss-reactive ketones (excluding diaryl/α,β-unsaturated/α-hetero) is 1. The number of benzene rings is 2. The molecule has 5 heteroatoms. The number of hydrogen-bond acceptors (Lipinski definition) is 3. The fourth-order valence-corrected chi connectivity index (χ4v) is 9.67. The number of ketones is 1. The summed E-state index contributed by atoms with van der Waals surface area (Å²) in [5.74, 6) is 0.0665. The first kappa shape index (κ1) is 26.7. The molecule has 0 N–H and O–H groups in total. The van der Waals surface area contributed by atoms with E-state index >= 15 is 0 Å². The van der Waals surface area contributed by atoms with Crippen LogP contribution in [0.3, 0.4) is 0 Å². The van der Waals surface area contributed by atoms with E-state index in [-0.39, 0.29) is 15.9 Å². The minimum Gasteiger partial charge on any atom is -0.417 e. The summed E-state index contributed by atoms with van der Waals surface area (Å²) < 4.78 is 13.5. The predicted molar refractivity (Wildman–Crippen MR) is 141 cm³/mol. The van der Waals surface area contributed by atoms with Gasteiger partial charge in [-0.3, -0.25) is 4.79 Å². The second-order valence-electron chi connectivity index (χ2n) is 11.3. The average Bonchev–Trinajstić information content (AvgIpc) is 2.70. The lowest BCUT2D eigenvalue weighted by atomic mass is 10.2. The zero-order valence-electron chi connectivity index (χ0n) is 21.5. The van der Waals surface area contributed by atoms with Crippen molar-refractivity contribution >= 4 is 32.8 Å². The molecule has 2 aromatic rings. The second-order valence-corrected chi connectivity index (χ2v) is 20.3. The first-order chi connectivity index (χ1) is 14.7. The van der Waals surface area contributed by atoms with E-state index < -0.39 is 22.7 Å². The molecule has 0 aliphatic rings. The summed E-state index contributed by atoms with van der Waals surface area (Å²) in [4.78, 5) is 12.8. The van der Waals surface area contributed by atoms with E-state index in [0.717, 1.165) is 0 Å². The van der Waals surface area contributed by atoms with Crippen molar-refractivity contribution in [1.82, 2.24) is 0 Å². The van der Waals surface area contributed by atoms with Gasteiger partial charge in [-0.1, -0.05) is 102 Å². The van der Waals surface area contributed by atoms with Crippen molar-refractivity contribution in [2.45, 2.75) is 84.2 Å². The number of carbonyl (C=O) groups is 1. The van der Waals surface area contributed by atoms with E-state index in [1.807, 2.05) is 12.1 Å². The number of carbonyl (C=O) groups excluding carboxylic acids is 1. The van der Waals surface area contributed by atoms with Gasteiger partial charge in [0.05, 0.1) is 0 Å². The van der Waals surface area contributed by atoms with Gasteiger partial charge in [0.15, 0.2) is 14.1 Å². The molecule has 0 aliphatic carbocycles. The molecular formula is C27H42O3Si2. The monoisotopic (exact) mass is 470 g/mol. The lowest BCUT2D eigenvalue weighted by Gasteiger charge is -2.45. The fraction of sp³-hybridized carbons (Fsp3) is 0.519. The van der Waals surface area contributed by atoms with E-state index in [4.69, 9.17) is 8.85 Å². The van der Waals surface area contributed by atoms with Crippen molar-refractivity contribution < 1.29 is 13.6 Å². The van der Waals surface area contributed by atoms with Crippen LogP contribution < -0.4 is 10.4 Å². The topological polar surface area (TPSA) is 35.5 Å². The van der Waals surface area contributed by atoms with E-state index in [0.29, 0.717) is 13.0 Å². The second kappa shape index (κ2) is 10.2. The molecule has 0 saturated carbocycles. The highest BCUT2D eigenvalue weighted by molar-refractivity contribution is 6.99. The summed E-state index contributed by atoms with van der Waals surface area (Å²) in [5, 5.41) is 2.35. The third-order valence-corrected chi connectivity index (χ3v) is 16.4. The molecule has 0 aliphatic heterocycles. The van der Waals surface area contributed by atoms with E-state index in [2.05, 4.69) is 103 Å². The van der Waals surface area contributed by atoms with Gasteiger partial charge in [-0.05, 0) is 40.5 Å². The van der Waals surface area contributed by atoms with Gasteiger partial charge in [0, 0.05) is 13.0 Å². The van der Waals surface area contributed by atoms with Crippen molar-refractivity contribution in [1.29, 1.82) is 0 Å². The lowest BCUT2D eigenvalue weighted by molar-refractivity contribution is -0.124.